The highest BCUT2D eigenvalue weighted by Gasteiger charge is 2.25. The van der Waals surface area contributed by atoms with Gasteiger partial charge in [-0.15, -0.1) is 0 Å². The summed E-state index contributed by atoms with van der Waals surface area (Å²) in [6.45, 7) is 4.03. The molecule has 108 valence electrons. The van der Waals surface area contributed by atoms with Gasteiger partial charge in [0.25, 0.3) is 0 Å². The maximum absolute atomic E-state index is 12.1. The van der Waals surface area contributed by atoms with Crippen molar-refractivity contribution in [3.8, 4) is 0 Å². The molecule has 0 bridgehead atoms. The number of fused-ring (bicyclic) bond motifs is 1. The van der Waals surface area contributed by atoms with Crippen molar-refractivity contribution in [2.45, 2.75) is 19.4 Å². The average molecular weight is 281 g/mol. The van der Waals surface area contributed by atoms with Gasteiger partial charge >= 0.3 is 0 Å². The van der Waals surface area contributed by atoms with Crippen LogP contribution in [0.5, 0.6) is 0 Å². The first-order valence-electron chi connectivity index (χ1n) is 7.23. The fourth-order valence-corrected chi connectivity index (χ4v) is 2.80. The number of carbonyl (C=O) groups excluding carboxylic acids is 1. The van der Waals surface area contributed by atoms with E-state index in [1.54, 1.807) is 12.4 Å². The minimum atomic E-state index is 0.0442. The molecule has 0 saturated carbocycles. The lowest BCUT2D eigenvalue weighted by Crippen LogP contribution is -2.36. The molecule has 3 rings (SSSR count). The highest BCUT2D eigenvalue weighted by molar-refractivity contribution is 5.82. The van der Waals surface area contributed by atoms with Gasteiger partial charge in [-0.2, -0.15) is 0 Å². The van der Waals surface area contributed by atoms with Gasteiger partial charge in [0.2, 0.25) is 5.91 Å². The number of para-hydroxylation sites is 1. The van der Waals surface area contributed by atoms with Gasteiger partial charge in [0.05, 0.1) is 6.54 Å². The molecule has 0 saturated heterocycles. The number of anilines is 1. The van der Waals surface area contributed by atoms with E-state index in [0.29, 0.717) is 19.0 Å². The molecule has 1 unspecified atom stereocenters. The third kappa shape index (κ3) is 3.05. The Labute approximate surface area is 124 Å². The molecule has 1 amide bonds. The monoisotopic (exact) mass is 281 g/mol. The lowest BCUT2D eigenvalue weighted by molar-refractivity contribution is -0.119. The minimum Gasteiger partial charge on any atom is -0.361 e. The molecule has 2 aromatic rings. The van der Waals surface area contributed by atoms with Gasteiger partial charge < -0.3 is 10.2 Å². The number of pyridine rings is 1. The van der Waals surface area contributed by atoms with Crippen LogP contribution in [0, 0.1) is 0 Å². The fraction of sp³-hybridized carbons (Fsp3) is 0.294. The van der Waals surface area contributed by atoms with Crippen LogP contribution in [0.3, 0.4) is 0 Å². The van der Waals surface area contributed by atoms with Gasteiger partial charge in [0, 0.05) is 37.1 Å². The van der Waals surface area contributed by atoms with Crippen LogP contribution in [0.15, 0.2) is 48.8 Å². The van der Waals surface area contributed by atoms with E-state index < -0.39 is 0 Å². The van der Waals surface area contributed by atoms with Crippen molar-refractivity contribution >= 4 is 11.6 Å². The Hall–Kier alpha value is -2.36. The maximum atomic E-state index is 12.1. The minimum absolute atomic E-state index is 0.0442. The van der Waals surface area contributed by atoms with Crippen LogP contribution in [-0.2, 0) is 11.3 Å². The van der Waals surface area contributed by atoms with Gasteiger partial charge in [-0.3, -0.25) is 9.78 Å². The summed E-state index contributed by atoms with van der Waals surface area (Å²) in [5, 5.41) is 2.95. The number of nitrogens with one attached hydrogen (secondary N) is 1. The molecule has 21 heavy (non-hydrogen) atoms. The van der Waals surface area contributed by atoms with E-state index in [4.69, 9.17) is 0 Å². The molecule has 1 aliphatic rings. The van der Waals surface area contributed by atoms with E-state index in [1.807, 2.05) is 18.2 Å². The van der Waals surface area contributed by atoms with Crippen LogP contribution < -0.4 is 10.2 Å². The van der Waals surface area contributed by atoms with Crippen LogP contribution in [0.25, 0.3) is 0 Å². The second kappa shape index (κ2) is 5.95. The molecule has 0 spiro atoms. The van der Waals surface area contributed by atoms with Crippen LogP contribution >= 0.6 is 0 Å². The highest BCUT2D eigenvalue weighted by Crippen LogP contribution is 2.35. The topological polar surface area (TPSA) is 45.2 Å². The van der Waals surface area contributed by atoms with E-state index in [0.717, 1.165) is 12.1 Å². The molecule has 1 atom stereocenters. The second-order valence-electron chi connectivity index (χ2n) is 5.48. The van der Waals surface area contributed by atoms with Crippen LogP contribution in [0.4, 0.5) is 5.69 Å². The molecule has 1 aromatic heterocycles. The van der Waals surface area contributed by atoms with E-state index in [9.17, 15) is 4.79 Å². The number of hydrogen-bond donors (Lipinski definition) is 1. The average Bonchev–Trinajstić information content (AvgIpc) is 2.83. The predicted octanol–water partition coefficient (Wildman–Crippen LogP) is 2.32. The summed E-state index contributed by atoms with van der Waals surface area (Å²) < 4.78 is 0. The lowest BCUT2D eigenvalue weighted by Gasteiger charge is -2.19. The lowest BCUT2D eigenvalue weighted by atomic mass is 10.0. The van der Waals surface area contributed by atoms with Gasteiger partial charge in [-0.05, 0) is 23.3 Å². The standard InChI is InChI=1S/C17H19N3O/c1-13-11-20(16-7-3-2-6-15(13)16)12-17(21)19-10-14-5-4-8-18-9-14/h2-9,13H,10-12H2,1H3,(H,19,21). The summed E-state index contributed by atoms with van der Waals surface area (Å²) in [6.07, 6.45) is 3.50. The quantitative estimate of drug-likeness (QED) is 0.935. The number of nitrogens with zero attached hydrogens (tertiary/aromatic N) is 2. The van der Waals surface area contributed by atoms with E-state index >= 15 is 0 Å². The van der Waals surface area contributed by atoms with Crippen molar-refractivity contribution in [2.24, 2.45) is 0 Å². The Kier molecular flexibility index (Phi) is 3.86. The predicted molar refractivity (Wildman–Crippen MR) is 83.2 cm³/mol. The van der Waals surface area contributed by atoms with Crippen molar-refractivity contribution in [3.05, 3.63) is 59.9 Å². The molecule has 1 aliphatic heterocycles. The number of aromatic nitrogens is 1. The molecule has 1 N–H and O–H groups in total. The molecule has 4 heteroatoms. The van der Waals surface area contributed by atoms with Gasteiger partial charge in [0.15, 0.2) is 0 Å². The fourth-order valence-electron chi connectivity index (χ4n) is 2.80. The van der Waals surface area contributed by atoms with Crippen LogP contribution in [-0.4, -0.2) is 24.0 Å². The molecular formula is C17H19N3O. The van der Waals surface area contributed by atoms with Gasteiger partial charge in [-0.1, -0.05) is 31.2 Å². The molecule has 2 heterocycles. The SMILES string of the molecule is CC1CN(CC(=O)NCc2cccnc2)c2ccccc21. The third-order valence-electron chi connectivity index (χ3n) is 3.85. The Balaban J connectivity index is 1.59. The number of amides is 1. The van der Waals surface area contributed by atoms with Crippen LogP contribution in [0.2, 0.25) is 0 Å². The molecule has 0 fully saturated rings. The Morgan fingerprint density at radius 2 is 2.19 bits per heavy atom. The maximum Gasteiger partial charge on any atom is 0.239 e. The zero-order valence-corrected chi connectivity index (χ0v) is 12.1. The largest absolute Gasteiger partial charge is 0.361 e. The van der Waals surface area contributed by atoms with Crippen molar-refractivity contribution in [3.63, 3.8) is 0 Å². The Morgan fingerprint density at radius 3 is 3.00 bits per heavy atom. The third-order valence-corrected chi connectivity index (χ3v) is 3.85. The number of hydrogen-bond acceptors (Lipinski definition) is 3. The summed E-state index contributed by atoms with van der Waals surface area (Å²) in [5.74, 6) is 0.523. The molecule has 4 nitrogen and oxygen atoms in total. The molecular weight excluding hydrogens is 262 g/mol. The zero-order valence-electron chi connectivity index (χ0n) is 12.1. The summed E-state index contributed by atoms with van der Waals surface area (Å²) in [5.41, 5.74) is 3.53. The van der Waals surface area contributed by atoms with Crippen LogP contribution in [0.1, 0.15) is 24.0 Å². The van der Waals surface area contributed by atoms with Gasteiger partial charge in [-0.25, -0.2) is 0 Å². The molecule has 1 aromatic carbocycles. The summed E-state index contributed by atoms with van der Waals surface area (Å²) >= 11 is 0. The summed E-state index contributed by atoms with van der Waals surface area (Å²) in [6, 6.07) is 12.2. The number of benzene rings is 1. The van der Waals surface area contributed by atoms with E-state index in [1.165, 1.54) is 11.3 Å². The van der Waals surface area contributed by atoms with Crippen molar-refractivity contribution in [2.75, 3.05) is 18.0 Å². The van der Waals surface area contributed by atoms with Crippen molar-refractivity contribution < 1.29 is 4.79 Å². The Bertz CT molecular complexity index is 627. The first-order chi connectivity index (χ1) is 10.2. The smallest absolute Gasteiger partial charge is 0.239 e. The first kappa shape index (κ1) is 13.6. The first-order valence-corrected chi connectivity index (χ1v) is 7.23. The van der Waals surface area contributed by atoms with Gasteiger partial charge in [0.1, 0.15) is 0 Å². The zero-order chi connectivity index (χ0) is 14.7. The van der Waals surface area contributed by atoms with E-state index in [-0.39, 0.29) is 5.91 Å². The van der Waals surface area contributed by atoms with E-state index in [2.05, 4.69) is 40.3 Å². The number of rotatable bonds is 4. The normalized spacial score (nSPS) is 16.6. The molecule has 0 aliphatic carbocycles. The highest BCUT2D eigenvalue weighted by atomic mass is 16.2. The summed E-state index contributed by atoms with van der Waals surface area (Å²) in [4.78, 5) is 18.3. The number of carbonyl (C=O) groups is 1. The van der Waals surface area contributed by atoms with Crippen molar-refractivity contribution in [1.29, 1.82) is 0 Å². The summed E-state index contributed by atoms with van der Waals surface area (Å²) in [7, 11) is 0. The van der Waals surface area contributed by atoms with Crippen molar-refractivity contribution in [1.82, 2.24) is 10.3 Å². The molecule has 0 radical (unpaired) electrons. The second-order valence-corrected chi connectivity index (χ2v) is 5.48. The Morgan fingerprint density at radius 1 is 1.33 bits per heavy atom.